The van der Waals surface area contributed by atoms with Crippen molar-refractivity contribution in [3.05, 3.63) is 71.8 Å². The highest BCUT2D eigenvalue weighted by Gasteiger charge is 2.56. The standard InChI is InChI=1S/C20H17ClO6/c1-20(21)16(27-18(23)14-10-6-3-7-11-14)15(26-19(20)24)12-25-17(22)13-8-4-2-5-9-13/h2-11,15-16H,12H2,1H3/t15?,16-,20-/m1/s1. The van der Waals surface area contributed by atoms with E-state index in [0.29, 0.717) is 11.1 Å². The van der Waals surface area contributed by atoms with E-state index >= 15 is 0 Å². The van der Waals surface area contributed by atoms with Crippen LogP contribution in [0.5, 0.6) is 0 Å². The maximum Gasteiger partial charge on any atom is 0.338 e. The van der Waals surface area contributed by atoms with Gasteiger partial charge in [-0.25, -0.2) is 14.4 Å². The Labute approximate surface area is 161 Å². The van der Waals surface area contributed by atoms with Crippen LogP contribution in [0.2, 0.25) is 0 Å². The number of esters is 3. The fourth-order valence-corrected chi connectivity index (χ4v) is 2.89. The van der Waals surface area contributed by atoms with Gasteiger partial charge in [0.1, 0.15) is 6.61 Å². The third-order valence-electron chi connectivity index (χ3n) is 4.16. The zero-order valence-corrected chi connectivity index (χ0v) is 15.2. The molecule has 3 atom stereocenters. The summed E-state index contributed by atoms with van der Waals surface area (Å²) in [7, 11) is 0. The van der Waals surface area contributed by atoms with E-state index in [1.165, 1.54) is 6.92 Å². The highest BCUT2D eigenvalue weighted by atomic mass is 35.5. The normalized spacial score (nSPS) is 24.1. The number of cyclic esters (lactones) is 1. The molecule has 2 aromatic rings. The van der Waals surface area contributed by atoms with Crippen LogP contribution in [0.25, 0.3) is 0 Å². The first-order valence-electron chi connectivity index (χ1n) is 8.28. The summed E-state index contributed by atoms with van der Waals surface area (Å²) in [6, 6.07) is 16.7. The second kappa shape index (κ2) is 7.80. The number of carbonyl (C=O) groups is 3. The Hall–Kier alpha value is -2.86. The second-order valence-corrected chi connectivity index (χ2v) is 6.96. The number of ether oxygens (including phenoxy) is 3. The molecule has 2 aromatic carbocycles. The number of alkyl halides is 1. The summed E-state index contributed by atoms with van der Waals surface area (Å²) in [5, 5.41) is 0. The highest BCUT2D eigenvalue weighted by Crippen LogP contribution is 2.35. The van der Waals surface area contributed by atoms with Crippen molar-refractivity contribution in [3.8, 4) is 0 Å². The molecule has 1 aliphatic rings. The SMILES string of the molecule is C[C@]1(Cl)C(=O)OC(COC(=O)c2ccccc2)[C@H]1OC(=O)c1ccccc1. The molecular weight excluding hydrogens is 372 g/mol. The molecule has 1 heterocycles. The van der Waals surface area contributed by atoms with Crippen LogP contribution in [-0.2, 0) is 19.0 Å². The van der Waals surface area contributed by atoms with Gasteiger partial charge in [-0.3, -0.25) is 0 Å². The Morgan fingerprint density at radius 1 is 1.00 bits per heavy atom. The summed E-state index contributed by atoms with van der Waals surface area (Å²) in [5.41, 5.74) is 0.664. The van der Waals surface area contributed by atoms with Crippen LogP contribution in [0.4, 0.5) is 0 Å². The van der Waals surface area contributed by atoms with Crippen LogP contribution in [-0.4, -0.2) is 41.6 Å². The van der Waals surface area contributed by atoms with Crippen molar-refractivity contribution in [2.45, 2.75) is 24.0 Å². The zero-order valence-electron chi connectivity index (χ0n) is 14.5. The maximum absolute atomic E-state index is 12.3. The molecule has 0 radical (unpaired) electrons. The predicted octanol–water partition coefficient (Wildman–Crippen LogP) is 2.99. The minimum atomic E-state index is -1.58. The lowest BCUT2D eigenvalue weighted by Crippen LogP contribution is -2.43. The smallest absolute Gasteiger partial charge is 0.338 e. The van der Waals surface area contributed by atoms with Crippen molar-refractivity contribution in [1.82, 2.24) is 0 Å². The molecule has 3 rings (SSSR count). The first kappa shape index (κ1) is 18.9. The number of halogens is 1. The fraction of sp³-hybridized carbons (Fsp3) is 0.250. The van der Waals surface area contributed by atoms with E-state index in [9.17, 15) is 14.4 Å². The summed E-state index contributed by atoms with van der Waals surface area (Å²) in [5.74, 6) is -1.97. The Balaban J connectivity index is 1.70. The van der Waals surface area contributed by atoms with Crippen molar-refractivity contribution in [3.63, 3.8) is 0 Å². The average Bonchev–Trinajstić information content (AvgIpc) is 2.90. The summed E-state index contributed by atoms with van der Waals surface area (Å²) >= 11 is 6.25. The van der Waals surface area contributed by atoms with E-state index in [4.69, 9.17) is 25.8 Å². The molecule has 1 aliphatic heterocycles. The van der Waals surface area contributed by atoms with E-state index in [-0.39, 0.29) is 6.61 Å². The molecule has 0 aliphatic carbocycles. The molecule has 0 amide bonds. The third-order valence-corrected chi connectivity index (χ3v) is 4.53. The summed E-state index contributed by atoms with van der Waals surface area (Å²) in [6.45, 7) is 1.12. The van der Waals surface area contributed by atoms with Crippen LogP contribution < -0.4 is 0 Å². The molecule has 1 unspecified atom stereocenters. The van der Waals surface area contributed by atoms with Crippen LogP contribution >= 0.6 is 11.6 Å². The van der Waals surface area contributed by atoms with Crippen LogP contribution in [0.1, 0.15) is 27.6 Å². The minimum absolute atomic E-state index is 0.283. The lowest BCUT2D eigenvalue weighted by Gasteiger charge is -2.23. The molecule has 0 aromatic heterocycles. The van der Waals surface area contributed by atoms with Gasteiger partial charge in [-0.1, -0.05) is 36.4 Å². The van der Waals surface area contributed by atoms with E-state index in [2.05, 4.69) is 0 Å². The Morgan fingerprint density at radius 2 is 1.52 bits per heavy atom. The number of benzene rings is 2. The Bertz CT molecular complexity index is 834. The zero-order chi connectivity index (χ0) is 19.4. The monoisotopic (exact) mass is 388 g/mol. The molecule has 0 N–H and O–H groups in total. The summed E-state index contributed by atoms with van der Waals surface area (Å²) in [6.07, 6.45) is -2.11. The minimum Gasteiger partial charge on any atom is -0.458 e. The van der Waals surface area contributed by atoms with Gasteiger partial charge in [0.25, 0.3) is 0 Å². The van der Waals surface area contributed by atoms with Gasteiger partial charge in [0, 0.05) is 0 Å². The van der Waals surface area contributed by atoms with Gasteiger partial charge < -0.3 is 14.2 Å². The second-order valence-electron chi connectivity index (χ2n) is 6.18. The van der Waals surface area contributed by atoms with E-state index < -0.39 is 35.0 Å². The lowest BCUT2D eigenvalue weighted by atomic mass is 10.0. The molecular formula is C20H17ClO6. The van der Waals surface area contributed by atoms with Crippen molar-refractivity contribution < 1.29 is 28.6 Å². The Morgan fingerprint density at radius 3 is 2.07 bits per heavy atom. The van der Waals surface area contributed by atoms with Gasteiger partial charge in [0.2, 0.25) is 0 Å². The molecule has 27 heavy (non-hydrogen) atoms. The number of rotatable bonds is 5. The molecule has 6 nitrogen and oxygen atoms in total. The lowest BCUT2D eigenvalue weighted by molar-refractivity contribution is -0.144. The van der Waals surface area contributed by atoms with Crippen LogP contribution in [0, 0.1) is 0 Å². The average molecular weight is 389 g/mol. The first-order valence-corrected chi connectivity index (χ1v) is 8.65. The van der Waals surface area contributed by atoms with Gasteiger partial charge in [-0.05, 0) is 31.2 Å². The highest BCUT2D eigenvalue weighted by molar-refractivity contribution is 6.35. The van der Waals surface area contributed by atoms with Crippen molar-refractivity contribution in [2.24, 2.45) is 0 Å². The molecule has 0 saturated carbocycles. The van der Waals surface area contributed by atoms with Crippen molar-refractivity contribution >= 4 is 29.5 Å². The number of hydrogen-bond donors (Lipinski definition) is 0. The van der Waals surface area contributed by atoms with Gasteiger partial charge in [0.15, 0.2) is 17.1 Å². The van der Waals surface area contributed by atoms with Gasteiger partial charge >= 0.3 is 17.9 Å². The Kier molecular flexibility index (Phi) is 5.46. The largest absolute Gasteiger partial charge is 0.458 e. The van der Waals surface area contributed by atoms with Gasteiger partial charge in [-0.2, -0.15) is 0 Å². The predicted molar refractivity (Wildman–Crippen MR) is 96.5 cm³/mol. The molecule has 1 fully saturated rings. The van der Waals surface area contributed by atoms with Crippen LogP contribution in [0.3, 0.4) is 0 Å². The number of carbonyl (C=O) groups excluding carboxylic acids is 3. The quantitative estimate of drug-likeness (QED) is 0.445. The van der Waals surface area contributed by atoms with E-state index in [1.807, 2.05) is 0 Å². The molecule has 7 heteroatoms. The van der Waals surface area contributed by atoms with Crippen molar-refractivity contribution in [2.75, 3.05) is 6.61 Å². The third kappa shape index (κ3) is 4.11. The van der Waals surface area contributed by atoms with Gasteiger partial charge in [0.05, 0.1) is 11.1 Å². The topological polar surface area (TPSA) is 78.9 Å². The number of hydrogen-bond acceptors (Lipinski definition) is 6. The summed E-state index contributed by atoms with van der Waals surface area (Å²) < 4.78 is 15.8. The van der Waals surface area contributed by atoms with E-state index in [1.54, 1.807) is 60.7 Å². The van der Waals surface area contributed by atoms with Gasteiger partial charge in [-0.15, -0.1) is 11.6 Å². The first-order chi connectivity index (χ1) is 12.9. The van der Waals surface area contributed by atoms with E-state index in [0.717, 1.165) is 0 Å². The fourth-order valence-electron chi connectivity index (χ4n) is 2.66. The summed E-state index contributed by atoms with van der Waals surface area (Å²) in [4.78, 5) is 34.9. The molecule has 0 spiro atoms. The molecule has 140 valence electrons. The van der Waals surface area contributed by atoms with Crippen molar-refractivity contribution in [1.29, 1.82) is 0 Å². The van der Waals surface area contributed by atoms with Crippen LogP contribution in [0.15, 0.2) is 60.7 Å². The maximum atomic E-state index is 12.3. The molecule has 0 bridgehead atoms. The molecule has 1 saturated heterocycles.